The summed E-state index contributed by atoms with van der Waals surface area (Å²) in [5.74, 6) is 1.48. The van der Waals surface area contributed by atoms with Crippen molar-refractivity contribution in [3.8, 4) is 0 Å². The molecule has 0 amide bonds. The van der Waals surface area contributed by atoms with Crippen LogP contribution in [0, 0.1) is 0 Å². The molecule has 0 spiro atoms. The standard InChI is InChI=1S/C16H24N4O/c1-11(2)16-18-14-8-12(17)4-5-15(14)20(16)10-13-9-19(3)6-7-21-13/h4-5,8,11,13H,6-7,9-10,17H2,1-3H3. The number of hydrogen-bond donors (Lipinski definition) is 1. The zero-order valence-electron chi connectivity index (χ0n) is 13.0. The first-order valence-electron chi connectivity index (χ1n) is 7.60. The number of benzene rings is 1. The summed E-state index contributed by atoms with van der Waals surface area (Å²) in [6.45, 7) is 7.97. The van der Waals surface area contributed by atoms with Crippen molar-refractivity contribution in [1.29, 1.82) is 0 Å². The zero-order valence-corrected chi connectivity index (χ0v) is 13.0. The van der Waals surface area contributed by atoms with E-state index in [4.69, 9.17) is 15.5 Å². The first-order chi connectivity index (χ1) is 10.0. The Morgan fingerprint density at radius 1 is 1.43 bits per heavy atom. The molecule has 2 heterocycles. The summed E-state index contributed by atoms with van der Waals surface area (Å²) in [6, 6.07) is 5.96. The molecule has 0 saturated carbocycles. The largest absolute Gasteiger partial charge is 0.399 e. The third kappa shape index (κ3) is 2.89. The van der Waals surface area contributed by atoms with E-state index in [1.807, 2.05) is 12.1 Å². The second-order valence-electron chi connectivity index (χ2n) is 6.24. The normalized spacial score (nSPS) is 20.5. The molecule has 1 fully saturated rings. The van der Waals surface area contributed by atoms with Crippen LogP contribution >= 0.6 is 0 Å². The predicted octanol–water partition coefficient (Wildman–Crippen LogP) is 2.07. The number of imidazole rings is 1. The van der Waals surface area contributed by atoms with Gasteiger partial charge in [0.25, 0.3) is 0 Å². The number of nitrogen functional groups attached to an aromatic ring is 1. The van der Waals surface area contributed by atoms with Crippen LogP contribution in [0.5, 0.6) is 0 Å². The average molecular weight is 288 g/mol. The van der Waals surface area contributed by atoms with E-state index in [-0.39, 0.29) is 6.10 Å². The van der Waals surface area contributed by atoms with Crippen molar-refractivity contribution in [3.05, 3.63) is 24.0 Å². The number of nitrogens with two attached hydrogens (primary N) is 1. The summed E-state index contributed by atoms with van der Waals surface area (Å²) in [7, 11) is 2.14. The van der Waals surface area contributed by atoms with Gasteiger partial charge in [-0.25, -0.2) is 4.98 Å². The number of fused-ring (bicyclic) bond motifs is 1. The maximum absolute atomic E-state index is 5.91. The first kappa shape index (κ1) is 14.4. The molecule has 3 rings (SSSR count). The number of likely N-dealkylation sites (N-methyl/N-ethyl adjacent to an activating group) is 1. The smallest absolute Gasteiger partial charge is 0.112 e. The second-order valence-corrected chi connectivity index (χ2v) is 6.24. The lowest BCUT2D eigenvalue weighted by Crippen LogP contribution is -2.42. The molecule has 1 aromatic carbocycles. The van der Waals surface area contributed by atoms with E-state index in [1.165, 1.54) is 0 Å². The summed E-state index contributed by atoms with van der Waals surface area (Å²) in [4.78, 5) is 7.09. The summed E-state index contributed by atoms with van der Waals surface area (Å²) in [5.41, 5.74) is 8.76. The molecule has 2 N–H and O–H groups in total. The maximum atomic E-state index is 5.91. The summed E-state index contributed by atoms with van der Waals surface area (Å²) < 4.78 is 8.21. The molecular formula is C16H24N4O. The fourth-order valence-corrected chi connectivity index (χ4v) is 2.98. The van der Waals surface area contributed by atoms with Crippen LogP contribution in [0.3, 0.4) is 0 Å². The Labute approximate surface area is 125 Å². The van der Waals surface area contributed by atoms with Crippen LogP contribution in [0.2, 0.25) is 0 Å². The summed E-state index contributed by atoms with van der Waals surface area (Å²) in [5, 5.41) is 0. The number of anilines is 1. The average Bonchev–Trinajstić information content (AvgIpc) is 2.77. The van der Waals surface area contributed by atoms with Gasteiger partial charge in [-0.15, -0.1) is 0 Å². The lowest BCUT2D eigenvalue weighted by atomic mass is 10.2. The van der Waals surface area contributed by atoms with Gasteiger partial charge in [0.1, 0.15) is 5.82 Å². The van der Waals surface area contributed by atoms with Crippen molar-refractivity contribution >= 4 is 16.7 Å². The highest BCUT2D eigenvalue weighted by molar-refractivity contribution is 5.79. The van der Waals surface area contributed by atoms with Crippen molar-refractivity contribution in [1.82, 2.24) is 14.5 Å². The van der Waals surface area contributed by atoms with E-state index in [9.17, 15) is 0 Å². The summed E-state index contributed by atoms with van der Waals surface area (Å²) >= 11 is 0. The highest BCUT2D eigenvalue weighted by Crippen LogP contribution is 2.24. The number of nitrogens with zero attached hydrogens (tertiary/aromatic N) is 3. The Morgan fingerprint density at radius 3 is 2.95 bits per heavy atom. The third-order valence-electron chi connectivity index (χ3n) is 4.05. The van der Waals surface area contributed by atoms with Crippen molar-refractivity contribution in [2.24, 2.45) is 0 Å². The molecular weight excluding hydrogens is 264 g/mol. The molecule has 0 radical (unpaired) electrons. The fraction of sp³-hybridized carbons (Fsp3) is 0.562. The van der Waals surface area contributed by atoms with E-state index < -0.39 is 0 Å². The number of morpholine rings is 1. The minimum Gasteiger partial charge on any atom is -0.399 e. The lowest BCUT2D eigenvalue weighted by molar-refractivity contribution is -0.0273. The molecule has 0 bridgehead atoms. The van der Waals surface area contributed by atoms with Crippen LogP contribution in [-0.2, 0) is 11.3 Å². The molecule has 1 saturated heterocycles. The van der Waals surface area contributed by atoms with E-state index in [2.05, 4.69) is 36.4 Å². The topological polar surface area (TPSA) is 56.3 Å². The van der Waals surface area contributed by atoms with Crippen molar-refractivity contribution in [3.63, 3.8) is 0 Å². The van der Waals surface area contributed by atoms with Crippen LogP contribution in [0.4, 0.5) is 5.69 Å². The Kier molecular flexibility index (Phi) is 3.87. The molecule has 1 aliphatic heterocycles. The Hall–Kier alpha value is -1.59. The molecule has 1 atom stereocenters. The molecule has 5 nitrogen and oxygen atoms in total. The number of aromatic nitrogens is 2. The van der Waals surface area contributed by atoms with Gasteiger partial charge < -0.3 is 19.9 Å². The molecule has 5 heteroatoms. The van der Waals surface area contributed by atoms with Gasteiger partial charge >= 0.3 is 0 Å². The second kappa shape index (κ2) is 5.66. The minimum absolute atomic E-state index is 0.219. The van der Waals surface area contributed by atoms with E-state index in [0.29, 0.717) is 5.92 Å². The Bertz CT molecular complexity index is 634. The Balaban J connectivity index is 1.97. The van der Waals surface area contributed by atoms with Crippen LogP contribution in [0.15, 0.2) is 18.2 Å². The fourth-order valence-electron chi connectivity index (χ4n) is 2.98. The van der Waals surface area contributed by atoms with E-state index in [1.54, 1.807) is 0 Å². The first-order valence-corrected chi connectivity index (χ1v) is 7.60. The van der Waals surface area contributed by atoms with Crippen LogP contribution < -0.4 is 5.73 Å². The SMILES string of the molecule is CC(C)c1nc2cc(N)ccc2n1CC1CN(C)CCO1. The van der Waals surface area contributed by atoms with E-state index >= 15 is 0 Å². The summed E-state index contributed by atoms with van der Waals surface area (Å²) in [6.07, 6.45) is 0.219. The van der Waals surface area contributed by atoms with Crippen LogP contribution in [-0.4, -0.2) is 47.3 Å². The molecule has 0 aliphatic carbocycles. The predicted molar refractivity (Wildman–Crippen MR) is 85.5 cm³/mol. The van der Waals surface area contributed by atoms with Crippen molar-refractivity contribution < 1.29 is 4.74 Å². The monoisotopic (exact) mass is 288 g/mol. The maximum Gasteiger partial charge on any atom is 0.112 e. The molecule has 114 valence electrons. The number of ether oxygens (including phenoxy) is 1. The number of hydrogen-bond acceptors (Lipinski definition) is 4. The van der Waals surface area contributed by atoms with Crippen molar-refractivity contribution in [2.45, 2.75) is 32.4 Å². The van der Waals surface area contributed by atoms with Gasteiger partial charge in [-0.05, 0) is 25.2 Å². The van der Waals surface area contributed by atoms with Gasteiger partial charge in [0, 0.05) is 24.7 Å². The van der Waals surface area contributed by atoms with Gasteiger partial charge in [-0.2, -0.15) is 0 Å². The van der Waals surface area contributed by atoms with Gasteiger partial charge in [0.05, 0.1) is 30.3 Å². The van der Waals surface area contributed by atoms with Gasteiger partial charge in [0.2, 0.25) is 0 Å². The third-order valence-corrected chi connectivity index (χ3v) is 4.05. The highest BCUT2D eigenvalue weighted by Gasteiger charge is 2.22. The molecule has 2 aromatic rings. The van der Waals surface area contributed by atoms with Crippen LogP contribution in [0.1, 0.15) is 25.6 Å². The van der Waals surface area contributed by atoms with Gasteiger partial charge in [-0.3, -0.25) is 0 Å². The van der Waals surface area contributed by atoms with Gasteiger partial charge in [0.15, 0.2) is 0 Å². The molecule has 21 heavy (non-hydrogen) atoms. The van der Waals surface area contributed by atoms with E-state index in [0.717, 1.165) is 48.8 Å². The molecule has 1 aromatic heterocycles. The van der Waals surface area contributed by atoms with Gasteiger partial charge in [-0.1, -0.05) is 13.8 Å². The highest BCUT2D eigenvalue weighted by atomic mass is 16.5. The molecule has 1 unspecified atom stereocenters. The minimum atomic E-state index is 0.219. The lowest BCUT2D eigenvalue weighted by Gasteiger charge is -2.31. The van der Waals surface area contributed by atoms with Crippen LogP contribution in [0.25, 0.3) is 11.0 Å². The Morgan fingerprint density at radius 2 is 2.24 bits per heavy atom. The number of rotatable bonds is 3. The van der Waals surface area contributed by atoms with Crippen molar-refractivity contribution in [2.75, 3.05) is 32.5 Å². The molecule has 1 aliphatic rings. The quantitative estimate of drug-likeness (QED) is 0.879. The zero-order chi connectivity index (χ0) is 15.0.